The number of halogens is 3. The summed E-state index contributed by atoms with van der Waals surface area (Å²) < 4.78 is 38.6. The number of rotatable bonds is 11. The van der Waals surface area contributed by atoms with Gasteiger partial charge < -0.3 is 14.4 Å². The van der Waals surface area contributed by atoms with E-state index in [-0.39, 0.29) is 19.8 Å². The fraction of sp³-hybridized carbons (Fsp3) is 0.367. The highest BCUT2D eigenvalue weighted by molar-refractivity contribution is 9.08. The van der Waals surface area contributed by atoms with Crippen molar-refractivity contribution in [2.24, 2.45) is 4.99 Å². The number of alkyl halides is 1. The molecule has 0 aliphatic carbocycles. The maximum Gasteiger partial charge on any atom is 0.315 e. The molecule has 0 saturated heterocycles. The zero-order chi connectivity index (χ0) is 28.5. The summed E-state index contributed by atoms with van der Waals surface area (Å²) in [6.45, 7) is 3.77. The second-order valence-corrected chi connectivity index (χ2v) is 11.0. The van der Waals surface area contributed by atoms with Crippen molar-refractivity contribution in [2.45, 2.75) is 30.3 Å². The third-order valence-electron chi connectivity index (χ3n) is 7.69. The molecule has 1 unspecified atom stereocenters. The first-order valence-electron chi connectivity index (χ1n) is 13.1. The first kappa shape index (κ1) is 28.3. The Hall–Kier alpha value is -3.21. The number of nitrogens with zero attached hydrogens (tertiary/aromatic N) is 3. The van der Waals surface area contributed by atoms with Gasteiger partial charge >= 0.3 is 12.1 Å². The molecule has 3 aromatic carbocycles. The van der Waals surface area contributed by atoms with Gasteiger partial charge in [0.2, 0.25) is 5.72 Å². The van der Waals surface area contributed by atoms with Crippen molar-refractivity contribution in [3.05, 3.63) is 65.7 Å². The standard InChI is InChI=1S/C30H30BrF2N3O4/c1-29(2)23-9-5-6-10-24(23)36(12-14-39-13-11-35(17-25(32)37)18-26(33)38)30(29)19-34-27-22-8-4-3-7-20(22)15-21(16-31)28(27)40-30/h3-10,15,19H,11-14,16-18H2,1-2H3. The summed E-state index contributed by atoms with van der Waals surface area (Å²) in [5.41, 5.74) is 2.48. The molecular formula is C30H30BrF2N3O4. The number of anilines is 1. The number of aliphatic imine (C=N–C) groups is 1. The van der Waals surface area contributed by atoms with Gasteiger partial charge in [-0.2, -0.15) is 8.78 Å². The highest BCUT2D eigenvalue weighted by atomic mass is 79.9. The van der Waals surface area contributed by atoms with Crippen molar-refractivity contribution >= 4 is 56.4 Å². The number of carbonyl (C=O) groups is 2. The number of hydrogen-bond donors (Lipinski definition) is 0. The van der Waals surface area contributed by atoms with Gasteiger partial charge in [-0.3, -0.25) is 19.5 Å². The molecule has 7 nitrogen and oxygen atoms in total. The van der Waals surface area contributed by atoms with Gasteiger partial charge in [0.1, 0.15) is 5.69 Å². The van der Waals surface area contributed by atoms with Crippen molar-refractivity contribution in [1.82, 2.24) is 4.90 Å². The van der Waals surface area contributed by atoms with Crippen molar-refractivity contribution in [2.75, 3.05) is 44.3 Å². The molecule has 0 radical (unpaired) electrons. The van der Waals surface area contributed by atoms with E-state index in [0.29, 0.717) is 11.9 Å². The van der Waals surface area contributed by atoms with Gasteiger partial charge in [-0.1, -0.05) is 58.4 Å². The van der Waals surface area contributed by atoms with Crippen LogP contribution in [0.15, 0.2) is 59.6 Å². The Bertz CT molecular complexity index is 1460. The molecule has 40 heavy (non-hydrogen) atoms. The van der Waals surface area contributed by atoms with Crippen LogP contribution >= 0.6 is 15.9 Å². The topological polar surface area (TPSA) is 71.4 Å². The largest absolute Gasteiger partial charge is 0.459 e. The van der Waals surface area contributed by atoms with E-state index >= 15 is 0 Å². The molecular weight excluding hydrogens is 584 g/mol. The van der Waals surface area contributed by atoms with Crippen LogP contribution in [-0.2, 0) is 25.1 Å². The molecule has 210 valence electrons. The molecule has 2 aliphatic heterocycles. The zero-order valence-electron chi connectivity index (χ0n) is 22.3. The monoisotopic (exact) mass is 613 g/mol. The van der Waals surface area contributed by atoms with Crippen LogP contribution in [-0.4, -0.2) is 68.3 Å². The Morgan fingerprint density at radius 2 is 1.75 bits per heavy atom. The van der Waals surface area contributed by atoms with E-state index in [4.69, 9.17) is 14.5 Å². The summed E-state index contributed by atoms with van der Waals surface area (Å²) in [4.78, 5) is 29.9. The van der Waals surface area contributed by atoms with E-state index in [9.17, 15) is 18.4 Å². The lowest BCUT2D eigenvalue weighted by atomic mass is 9.77. The van der Waals surface area contributed by atoms with Crippen molar-refractivity contribution in [1.29, 1.82) is 0 Å². The van der Waals surface area contributed by atoms with E-state index < -0.39 is 36.3 Å². The molecule has 0 fully saturated rings. The highest BCUT2D eigenvalue weighted by Gasteiger charge is 2.59. The van der Waals surface area contributed by atoms with E-state index in [0.717, 1.165) is 43.9 Å². The fourth-order valence-corrected chi connectivity index (χ4v) is 6.12. The van der Waals surface area contributed by atoms with Gasteiger partial charge in [-0.25, -0.2) is 0 Å². The van der Waals surface area contributed by atoms with Crippen LogP contribution in [0.1, 0.15) is 25.0 Å². The third kappa shape index (κ3) is 5.04. The number of carbonyl (C=O) groups excluding carboxylic acids is 2. The molecule has 0 bridgehead atoms. The molecule has 2 aliphatic rings. The van der Waals surface area contributed by atoms with Crippen LogP contribution in [0.4, 0.5) is 20.2 Å². The minimum absolute atomic E-state index is 0.0333. The Balaban J connectivity index is 1.42. The van der Waals surface area contributed by atoms with E-state index in [1.165, 1.54) is 0 Å². The van der Waals surface area contributed by atoms with Gasteiger partial charge in [-0.05, 0) is 36.9 Å². The number of fused-ring (bicyclic) bond motifs is 4. The molecule has 0 amide bonds. The van der Waals surface area contributed by atoms with Gasteiger partial charge in [0.25, 0.3) is 0 Å². The Morgan fingerprint density at radius 3 is 2.48 bits per heavy atom. The Kier molecular flexibility index (Phi) is 8.03. The third-order valence-corrected chi connectivity index (χ3v) is 8.30. The number of benzene rings is 3. The molecule has 10 heteroatoms. The fourth-order valence-electron chi connectivity index (χ4n) is 5.71. The molecule has 0 saturated carbocycles. The molecule has 1 spiro atoms. The van der Waals surface area contributed by atoms with E-state index in [1.54, 1.807) is 0 Å². The second kappa shape index (κ2) is 11.3. The van der Waals surface area contributed by atoms with Gasteiger partial charge in [0.15, 0.2) is 5.75 Å². The average molecular weight is 614 g/mol. The van der Waals surface area contributed by atoms with E-state index in [2.05, 4.69) is 52.9 Å². The smallest absolute Gasteiger partial charge is 0.315 e. The lowest BCUT2D eigenvalue weighted by molar-refractivity contribution is -0.133. The lowest BCUT2D eigenvalue weighted by Crippen LogP contribution is -2.63. The highest BCUT2D eigenvalue weighted by Crippen LogP contribution is 2.55. The van der Waals surface area contributed by atoms with Crippen LogP contribution in [0.25, 0.3) is 10.8 Å². The zero-order valence-corrected chi connectivity index (χ0v) is 23.9. The normalized spacial score (nSPS) is 18.7. The predicted octanol–water partition coefficient (Wildman–Crippen LogP) is 5.63. The predicted molar refractivity (Wildman–Crippen MR) is 154 cm³/mol. The van der Waals surface area contributed by atoms with Crippen LogP contribution in [0, 0.1) is 0 Å². The van der Waals surface area contributed by atoms with Crippen molar-refractivity contribution in [3.63, 3.8) is 0 Å². The quantitative estimate of drug-likeness (QED) is 0.158. The van der Waals surface area contributed by atoms with Crippen LogP contribution in [0.5, 0.6) is 5.75 Å². The summed E-state index contributed by atoms with van der Waals surface area (Å²) in [6, 6.07) is 15.1. The minimum Gasteiger partial charge on any atom is -0.459 e. The number of hydrogen-bond acceptors (Lipinski definition) is 7. The molecule has 0 N–H and O–H groups in total. The number of para-hydroxylation sites is 1. The van der Waals surface area contributed by atoms with Crippen LogP contribution in [0.2, 0.25) is 0 Å². The maximum atomic E-state index is 12.9. The SMILES string of the molecule is CC1(C)c2ccccc2N(CCOCCN(CC(=O)F)CC(=O)F)C12C=Nc1c(c(CBr)cc3ccccc13)O2. The van der Waals surface area contributed by atoms with Gasteiger partial charge in [0, 0.05) is 35.1 Å². The molecule has 0 aromatic heterocycles. The number of ether oxygens (including phenoxy) is 2. The summed E-state index contributed by atoms with van der Waals surface area (Å²) >= 11 is 3.63. The molecule has 5 rings (SSSR count). The van der Waals surface area contributed by atoms with Gasteiger partial charge in [-0.15, -0.1) is 0 Å². The van der Waals surface area contributed by atoms with Crippen molar-refractivity contribution in [3.8, 4) is 5.75 Å². The lowest BCUT2D eigenvalue weighted by Gasteiger charge is -2.46. The Morgan fingerprint density at radius 1 is 1.05 bits per heavy atom. The first-order valence-corrected chi connectivity index (χ1v) is 14.2. The first-order chi connectivity index (χ1) is 19.2. The summed E-state index contributed by atoms with van der Waals surface area (Å²) in [7, 11) is 0. The molecule has 3 aromatic rings. The summed E-state index contributed by atoms with van der Waals surface area (Å²) in [5.74, 6) is 0.729. The molecule has 2 heterocycles. The average Bonchev–Trinajstić information content (AvgIpc) is 3.10. The minimum atomic E-state index is -1.64. The van der Waals surface area contributed by atoms with E-state index in [1.807, 2.05) is 42.6 Å². The second-order valence-electron chi connectivity index (χ2n) is 10.5. The van der Waals surface area contributed by atoms with Crippen LogP contribution < -0.4 is 9.64 Å². The van der Waals surface area contributed by atoms with Gasteiger partial charge in [0.05, 0.1) is 37.9 Å². The summed E-state index contributed by atoms with van der Waals surface area (Å²) in [5, 5.41) is 2.70. The Labute approximate surface area is 239 Å². The summed E-state index contributed by atoms with van der Waals surface area (Å²) in [6.07, 6.45) is 1.89. The van der Waals surface area contributed by atoms with Crippen molar-refractivity contribution < 1.29 is 27.8 Å². The maximum absolute atomic E-state index is 12.9. The molecule has 1 atom stereocenters. The van der Waals surface area contributed by atoms with Crippen LogP contribution in [0.3, 0.4) is 0 Å².